The molecule has 1 aliphatic rings. The largest absolute Gasteiger partial charge is 0.481 e. The fourth-order valence-electron chi connectivity index (χ4n) is 8.83. The molecule has 1 aliphatic heterocycles. The van der Waals surface area contributed by atoms with Gasteiger partial charge >= 0.3 is 11.9 Å². The van der Waals surface area contributed by atoms with Gasteiger partial charge < -0.3 is 47.2 Å². The number of nitrogens with one attached hydrogen (secondary N) is 6. The molecule has 0 aromatic carbocycles. The van der Waals surface area contributed by atoms with Gasteiger partial charge in [0.1, 0.15) is 42.3 Å². The van der Waals surface area contributed by atoms with Crippen LogP contribution < -0.4 is 31.9 Å². The Kier molecular flexibility index (Phi) is 30.3. The van der Waals surface area contributed by atoms with Crippen LogP contribution in [-0.2, 0) is 47.9 Å². The Morgan fingerprint density at radius 2 is 0.822 bits per heavy atom. The third-order valence-electron chi connectivity index (χ3n) is 12.6. The highest BCUT2D eigenvalue weighted by Gasteiger charge is 2.45. The number of nitrogens with zero attached hydrogens (tertiary/aromatic N) is 1. The van der Waals surface area contributed by atoms with Crippen LogP contribution in [0.5, 0.6) is 0 Å². The van der Waals surface area contributed by atoms with Gasteiger partial charge in [-0.25, -0.2) is 0 Å². The molecule has 0 aliphatic carbocycles. The second kappa shape index (κ2) is 33.6. The summed E-state index contributed by atoms with van der Waals surface area (Å²) in [4.78, 5) is 140. The molecule has 73 heavy (non-hydrogen) atoms. The van der Waals surface area contributed by atoms with Gasteiger partial charge in [0.25, 0.3) is 5.91 Å². The zero-order valence-corrected chi connectivity index (χ0v) is 46.0. The molecule has 8 atom stereocenters. The lowest BCUT2D eigenvalue weighted by molar-refractivity contribution is -0.160. The number of carbonyl (C=O) groups is 10. The summed E-state index contributed by atoms with van der Waals surface area (Å²) in [7, 11) is 0. The minimum atomic E-state index is -2.24. The molecule has 0 aromatic rings. The van der Waals surface area contributed by atoms with Crippen molar-refractivity contribution in [2.75, 3.05) is 0 Å². The standard InChI is InChI=1S/C53H93N7O13/c1-30(2)22-20-18-16-14-13-15-17-19-21-23-42(62)60-46(41(61)29-44(65)66)52(72)57-37(25-32(5)6)47(67)55-38(26-33(7)8)50(70)59-45(35(11)12)51(71)56-39(28-43(63)64)49(69)54-36(24-31(3)4)48(68)58-40(53(60)73)27-34(9)10/h30-41,45-46,61H,13-29H2,1-12H3,(H,54,69)(H,55,67)(H,56,71)(H,57,72)(H,58,68)(H,59,70)(H,63,64)(H,65,66)/t36-,37+,38-,39+,40+,41?,45+,46+/m1/s1. The van der Waals surface area contributed by atoms with Crippen LogP contribution in [0.3, 0.4) is 0 Å². The van der Waals surface area contributed by atoms with Crippen LogP contribution in [0, 0.1) is 35.5 Å². The zero-order valence-electron chi connectivity index (χ0n) is 46.0. The maximum atomic E-state index is 15.2. The second-order valence-corrected chi connectivity index (χ2v) is 22.5. The van der Waals surface area contributed by atoms with E-state index in [9.17, 15) is 58.5 Å². The summed E-state index contributed by atoms with van der Waals surface area (Å²) in [6.45, 7) is 21.6. The Bertz CT molecular complexity index is 1820. The van der Waals surface area contributed by atoms with E-state index >= 15 is 4.79 Å². The fourth-order valence-corrected chi connectivity index (χ4v) is 8.83. The topological polar surface area (TPSA) is 307 Å². The normalized spacial score (nSPS) is 23.0. The van der Waals surface area contributed by atoms with Crippen LogP contribution in [0.4, 0.5) is 0 Å². The Morgan fingerprint density at radius 3 is 1.23 bits per heavy atom. The summed E-state index contributed by atoms with van der Waals surface area (Å²) in [6, 6.07) is -11.2. The molecular formula is C53H93N7O13. The van der Waals surface area contributed by atoms with Crippen molar-refractivity contribution in [1.82, 2.24) is 36.8 Å². The predicted octanol–water partition coefficient (Wildman–Crippen LogP) is 4.73. The van der Waals surface area contributed by atoms with E-state index in [0.29, 0.717) is 17.2 Å². The highest BCUT2D eigenvalue weighted by atomic mass is 16.4. The van der Waals surface area contributed by atoms with E-state index in [4.69, 9.17) is 0 Å². The number of aliphatic hydroxyl groups is 1. The van der Waals surface area contributed by atoms with Crippen LogP contribution in [0.15, 0.2) is 0 Å². The maximum absolute atomic E-state index is 15.2. The van der Waals surface area contributed by atoms with Gasteiger partial charge in [0.2, 0.25) is 41.4 Å². The van der Waals surface area contributed by atoms with Gasteiger partial charge in [-0.05, 0) is 67.6 Å². The van der Waals surface area contributed by atoms with Gasteiger partial charge in [-0.1, -0.05) is 141 Å². The SMILES string of the molecule is CC(C)CCCCCCCCCCCC(=O)N1C(=O)[C@H](CC(C)C)NC(=O)[C@@H](CC(C)C)NC(=O)[C@H](CC(=O)O)NC(=O)[C@H](C(C)C)NC(=O)[C@@H](CC(C)C)NC(=O)[C@H](CC(C)C)NC(=O)[C@@H]1C(O)CC(=O)O. The molecule has 0 aromatic heterocycles. The molecule has 0 spiro atoms. The zero-order chi connectivity index (χ0) is 55.7. The number of rotatable bonds is 26. The van der Waals surface area contributed by atoms with Crippen LogP contribution in [0.25, 0.3) is 0 Å². The monoisotopic (exact) mass is 1040 g/mol. The molecule has 9 N–H and O–H groups in total. The number of unbranched alkanes of at least 4 members (excludes halogenated alkanes) is 8. The quantitative estimate of drug-likeness (QED) is 0.0530. The first kappa shape index (κ1) is 65.9. The lowest BCUT2D eigenvalue weighted by atomic mass is 9.96. The third-order valence-corrected chi connectivity index (χ3v) is 12.6. The van der Waals surface area contributed by atoms with Gasteiger partial charge in [0, 0.05) is 6.42 Å². The summed E-state index contributed by atoms with van der Waals surface area (Å²) >= 11 is 0. The van der Waals surface area contributed by atoms with Crippen molar-refractivity contribution in [3.05, 3.63) is 0 Å². The smallest absolute Gasteiger partial charge is 0.306 e. The van der Waals surface area contributed by atoms with Crippen molar-refractivity contribution < 1.29 is 63.3 Å². The first-order valence-electron chi connectivity index (χ1n) is 26.9. The molecule has 0 bridgehead atoms. The van der Waals surface area contributed by atoms with E-state index in [1.54, 1.807) is 69.2 Å². The minimum absolute atomic E-state index is 0.0288. The predicted molar refractivity (Wildman–Crippen MR) is 276 cm³/mol. The van der Waals surface area contributed by atoms with Crippen molar-refractivity contribution in [2.24, 2.45) is 35.5 Å². The van der Waals surface area contributed by atoms with Gasteiger partial charge in [-0.2, -0.15) is 0 Å². The molecule has 20 nitrogen and oxygen atoms in total. The third kappa shape index (κ3) is 25.6. The molecule has 0 radical (unpaired) electrons. The first-order valence-corrected chi connectivity index (χ1v) is 26.9. The minimum Gasteiger partial charge on any atom is -0.481 e. The van der Waals surface area contributed by atoms with Gasteiger partial charge in [-0.3, -0.25) is 52.8 Å². The molecule has 0 saturated carbocycles. The summed E-state index contributed by atoms with van der Waals surface area (Å²) in [6.07, 6.45) is 4.41. The number of hydrogen-bond donors (Lipinski definition) is 9. The molecule has 1 saturated heterocycles. The summed E-state index contributed by atoms with van der Waals surface area (Å²) in [5.74, 6) is -12.2. The number of aliphatic hydroxyl groups excluding tert-OH is 1. The highest BCUT2D eigenvalue weighted by Crippen LogP contribution is 2.21. The summed E-state index contributed by atoms with van der Waals surface area (Å²) < 4.78 is 0. The number of carbonyl (C=O) groups excluding carboxylic acids is 8. The molecule has 1 fully saturated rings. The van der Waals surface area contributed by atoms with Gasteiger partial charge in [-0.15, -0.1) is 0 Å². The summed E-state index contributed by atoms with van der Waals surface area (Å²) in [5.41, 5.74) is 0. The first-order chi connectivity index (χ1) is 34.0. The number of hydrogen-bond acceptors (Lipinski definition) is 11. The molecular weight excluding hydrogens is 943 g/mol. The van der Waals surface area contributed by atoms with E-state index in [2.05, 4.69) is 45.7 Å². The fraction of sp³-hybridized carbons (Fsp3) is 0.811. The van der Waals surface area contributed by atoms with Gasteiger partial charge in [0.05, 0.1) is 18.9 Å². The van der Waals surface area contributed by atoms with E-state index in [1.165, 1.54) is 12.8 Å². The van der Waals surface area contributed by atoms with Crippen LogP contribution >= 0.6 is 0 Å². The summed E-state index contributed by atoms with van der Waals surface area (Å²) in [5, 5.41) is 46.9. The molecule has 20 heteroatoms. The highest BCUT2D eigenvalue weighted by molar-refractivity contribution is 6.05. The average molecular weight is 1040 g/mol. The Hall–Kier alpha value is -5.14. The number of carboxylic acids is 2. The Morgan fingerprint density at radius 1 is 0.452 bits per heavy atom. The molecule has 1 unspecified atom stereocenters. The second-order valence-electron chi connectivity index (χ2n) is 22.5. The van der Waals surface area contributed by atoms with Gasteiger partial charge in [0.15, 0.2) is 0 Å². The van der Waals surface area contributed by atoms with E-state index < -0.39 is 126 Å². The number of carboxylic acid groups (broad SMARTS) is 2. The van der Waals surface area contributed by atoms with Crippen molar-refractivity contribution in [3.63, 3.8) is 0 Å². The van der Waals surface area contributed by atoms with Crippen molar-refractivity contribution in [3.8, 4) is 0 Å². The average Bonchev–Trinajstić information content (AvgIpc) is 3.25. The molecule has 418 valence electrons. The Balaban J connectivity index is 4.14. The number of amides is 8. The van der Waals surface area contributed by atoms with Crippen molar-refractivity contribution >= 4 is 59.2 Å². The van der Waals surface area contributed by atoms with E-state index in [1.807, 2.05) is 0 Å². The number of imide groups is 1. The van der Waals surface area contributed by atoms with Crippen LogP contribution in [0.1, 0.15) is 192 Å². The molecule has 1 rings (SSSR count). The molecule has 8 amide bonds. The Labute approximate surface area is 434 Å². The van der Waals surface area contributed by atoms with Crippen LogP contribution in [-0.4, -0.2) is 128 Å². The van der Waals surface area contributed by atoms with Crippen molar-refractivity contribution in [2.45, 2.75) is 241 Å². The van der Waals surface area contributed by atoms with E-state index in [0.717, 1.165) is 38.5 Å². The van der Waals surface area contributed by atoms with Crippen molar-refractivity contribution in [1.29, 1.82) is 0 Å². The van der Waals surface area contributed by atoms with Crippen LogP contribution in [0.2, 0.25) is 0 Å². The lowest BCUT2D eigenvalue weighted by Gasteiger charge is -2.36. The maximum Gasteiger partial charge on any atom is 0.306 e. The van der Waals surface area contributed by atoms with E-state index in [-0.39, 0.29) is 62.2 Å². The number of aliphatic carboxylic acids is 2. The molecule has 1 heterocycles. The lowest BCUT2D eigenvalue weighted by Crippen LogP contribution is -2.64.